The summed E-state index contributed by atoms with van der Waals surface area (Å²) in [5.74, 6) is 0.256. The van der Waals surface area contributed by atoms with Crippen LogP contribution < -0.4 is 0 Å². The number of aliphatic carboxylic acids is 1. The fraction of sp³-hybridized carbons (Fsp3) is 0.125. The van der Waals surface area contributed by atoms with Gasteiger partial charge >= 0.3 is 5.97 Å². The summed E-state index contributed by atoms with van der Waals surface area (Å²) < 4.78 is 7.65. The van der Waals surface area contributed by atoms with Crippen molar-refractivity contribution in [1.82, 2.24) is 14.8 Å². The van der Waals surface area contributed by atoms with E-state index in [1.54, 1.807) is 37.3 Å². The molecule has 0 aliphatic rings. The van der Waals surface area contributed by atoms with E-state index in [1.807, 2.05) is 23.6 Å². The lowest BCUT2D eigenvalue weighted by molar-refractivity contribution is -0.384. The highest BCUT2D eigenvalue weighted by Crippen LogP contribution is 2.33. The predicted octanol–water partition coefficient (Wildman–Crippen LogP) is 6.31. The van der Waals surface area contributed by atoms with Crippen LogP contribution in [-0.2, 0) is 11.3 Å². The highest BCUT2D eigenvalue weighted by molar-refractivity contribution is 8.04. The number of hydrogen-bond acceptors (Lipinski definition) is 7. The number of carboxylic acid groups (broad SMARTS) is 1. The number of benzene rings is 2. The van der Waals surface area contributed by atoms with Gasteiger partial charge in [-0.1, -0.05) is 11.6 Å². The van der Waals surface area contributed by atoms with Crippen molar-refractivity contribution in [3.8, 4) is 22.7 Å². The Morgan fingerprint density at radius 2 is 1.94 bits per heavy atom. The van der Waals surface area contributed by atoms with Gasteiger partial charge in [-0.3, -0.25) is 10.1 Å². The molecule has 2 aromatic heterocycles. The standard InChI is InChI=1S/C24H19ClN4O5S/c1-3-28-22(15-4-6-16(25)7-5-15)26-27-24(28)35-21(23(30)31)13-18-9-11-20(34-18)19-10-8-17(29(32)33)12-14(19)2/h4-13H,3H2,1-2H3,(H,30,31)/b21-13-. The second-order valence-corrected chi connectivity index (χ2v) is 8.88. The smallest absolute Gasteiger partial charge is 0.342 e. The topological polar surface area (TPSA) is 124 Å². The second kappa shape index (κ2) is 10.2. The van der Waals surface area contributed by atoms with Crippen LogP contribution in [0.1, 0.15) is 18.2 Å². The van der Waals surface area contributed by atoms with E-state index in [0.29, 0.717) is 45.2 Å². The molecule has 0 aliphatic heterocycles. The highest BCUT2D eigenvalue weighted by atomic mass is 35.5. The molecule has 0 amide bonds. The first-order valence-corrected chi connectivity index (χ1v) is 11.6. The molecule has 0 aliphatic carbocycles. The highest BCUT2D eigenvalue weighted by Gasteiger charge is 2.19. The molecule has 4 rings (SSSR count). The largest absolute Gasteiger partial charge is 0.477 e. The summed E-state index contributed by atoms with van der Waals surface area (Å²) in [4.78, 5) is 22.5. The minimum Gasteiger partial charge on any atom is -0.477 e. The number of nitro benzene ring substituents is 1. The fourth-order valence-corrected chi connectivity index (χ4v) is 4.43. The number of carboxylic acids is 1. The van der Waals surface area contributed by atoms with Crippen LogP contribution in [0.5, 0.6) is 0 Å². The molecule has 0 radical (unpaired) electrons. The van der Waals surface area contributed by atoms with E-state index in [4.69, 9.17) is 16.0 Å². The van der Waals surface area contributed by atoms with E-state index in [9.17, 15) is 20.0 Å². The molecular formula is C24H19ClN4O5S. The monoisotopic (exact) mass is 510 g/mol. The molecule has 2 heterocycles. The van der Waals surface area contributed by atoms with Crippen molar-refractivity contribution >= 4 is 41.1 Å². The minimum atomic E-state index is -1.14. The summed E-state index contributed by atoms with van der Waals surface area (Å²) in [6, 6.07) is 15.0. The summed E-state index contributed by atoms with van der Waals surface area (Å²) >= 11 is 6.94. The molecule has 0 fully saturated rings. The Morgan fingerprint density at radius 3 is 2.57 bits per heavy atom. The van der Waals surface area contributed by atoms with Crippen molar-refractivity contribution in [3.05, 3.63) is 86.0 Å². The Hall–Kier alpha value is -3.89. The third-order valence-corrected chi connectivity index (χ3v) is 6.38. The number of halogens is 1. The van der Waals surface area contributed by atoms with Crippen LogP contribution in [0.3, 0.4) is 0 Å². The first-order valence-electron chi connectivity index (χ1n) is 10.4. The number of non-ortho nitro benzene ring substituents is 1. The molecule has 35 heavy (non-hydrogen) atoms. The van der Waals surface area contributed by atoms with Crippen LogP contribution in [0.2, 0.25) is 5.02 Å². The Kier molecular flexibility index (Phi) is 7.04. The van der Waals surface area contributed by atoms with E-state index in [1.165, 1.54) is 18.2 Å². The zero-order valence-corrected chi connectivity index (χ0v) is 20.2. The minimum absolute atomic E-state index is 0.00363. The number of carbonyl (C=O) groups is 1. The third-order valence-electron chi connectivity index (χ3n) is 5.13. The molecule has 0 spiro atoms. The lowest BCUT2D eigenvalue weighted by atomic mass is 10.1. The van der Waals surface area contributed by atoms with Crippen LogP contribution in [0.25, 0.3) is 28.8 Å². The third kappa shape index (κ3) is 5.28. The van der Waals surface area contributed by atoms with Crippen LogP contribution in [0.15, 0.2) is 69.1 Å². The molecule has 0 saturated carbocycles. The second-order valence-electron chi connectivity index (χ2n) is 7.43. The van der Waals surface area contributed by atoms with E-state index in [2.05, 4.69) is 10.2 Å². The number of aromatic nitrogens is 3. The van der Waals surface area contributed by atoms with Crippen molar-refractivity contribution in [2.45, 2.75) is 25.5 Å². The van der Waals surface area contributed by atoms with Crippen molar-refractivity contribution in [1.29, 1.82) is 0 Å². The van der Waals surface area contributed by atoms with Gasteiger partial charge in [-0.2, -0.15) is 0 Å². The van der Waals surface area contributed by atoms with Crippen LogP contribution in [0, 0.1) is 17.0 Å². The van der Waals surface area contributed by atoms with Gasteiger partial charge in [0.05, 0.1) is 4.92 Å². The summed E-state index contributed by atoms with van der Waals surface area (Å²) in [6.45, 7) is 4.20. The Morgan fingerprint density at radius 1 is 1.20 bits per heavy atom. The van der Waals surface area contributed by atoms with Crippen LogP contribution >= 0.6 is 23.4 Å². The molecule has 11 heteroatoms. The van der Waals surface area contributed by atoms with Gasteiger partial charge in [-0.25, -0.2) is 4.79 Å². The predicted molar refractivity (Wildman–Crippen MR) is 133 cm³/mol. The molecular weight excluding hydrogens is 492 g/mol. The Labute approximate surface area is 209 Å². The summed E-state index contributed by atoms with van der Waals surface area (Å²) in [7, 11) is 0. The van der Waals surface area contributed by atoms with Gasteiger partial charge in [-0.15, -0.1) is 10.2 Å². The maximum absolute atomic E-state index is 12.0. The van der Waals surface area contributed by atoms with Crippen molar-refractivity contribution in [2.24, 2.45) is 0 Å². The molecule has 0 saturated heterocycles. The van der Waals surface area contributed by atoms with Gasteiger partial charge in [0.15, 0.2) is 11.0 Å². The lowest BCUT2D eigenvalue weighted by Gasteiger charge is -2.07. The average Bonchev–Trinajstić information content (AvgIpc) is 3.45. The van der Waals surface area contributed by atoms with Crippen molar-refractivity contribution in [2.75, 3.05) is 0 Å². The normalized spacial score (nSPS) is 11.6. The zero-order valence-electron chi connectivity index (χ0n) is 18.6. The summed E-state index contributed by atoms with van der Waals surface area (Å²) in [6.07, 6.45) is 1.41. The van der Waals surface area contributed by atoms with Gasteiger partial charge in [0.1, 0.15) is 16.4 Å². The molecule has 2 aromatic carbocycles. The first-order chi connectivity index (χ1) is 16.8. The van der Waals surface area contributed by atoms with Gasteiger partial charge in [0, 0.05) is 40.9 Å². The van der Waals surface area contributed by atoms with Crippen molar-refractivity contribution < 1.29 is 19.2 Å². The molecule has 9 nitrogen and oxygen atoms in total. The van der Waals surface area contributed by atoms with E-state index in [0.717, 1.165) is 17.3 Å². The SMILES string of the molecule is CCn1c(S/C(=C\c2ccc(-c3ccc([N+](=O)[O-])cc3C)o2)C(=O)O)nnc1-c1ccc(Cl)cc1. The quantitative estimate of drug-likeness (QED) is 0.126. The zero-order chi connectivity index (χ0) is 25.1. The molecule has 178 valence electrons. The molecule has 1 N–H and O–H groups in total. The number of furan rings is 1. The number of nitro groups is 1. The molecule has 0 atom stereocenters. The maximum atomic E-state index is 12.0. The lowest BCUT2D eigenvalue weighted by Crippen LogP contribution is -2.02. The molecule has 4 aromatic rings. The Balaban J connectivity index is 1.62. The first kappa shape index (κ1) is 24.2. The number of nitrogens with zero attached hydrogens (tertiary/aromatic N) is 4. The van der Waals surface area contributed by atoms with Crippen LogP contribution in [0.4, 0.5) is 5.69 Å². The van der Waals surface area contributed by atoms with Crippen molar-refractivity contribution in [3.63, 3.8) is 0 Å². The summed E-state index contributed by atoms with van der Waals surface area (Å²) in [5, 5.41) is 30.2. The number of rotatable bonds is 8. The van der Waals surface area contributed by atoms with E-state index >= 15 is 0 Å². The maximum Gasteiger partial charge on any atom is 0.342 e. The number of thioether (sulfide) groups is 1. The van der Waals surface area contributed by atoms with Gasteiger partial charge in [-0.05, 0) is 73.6 Å². The number of aryl methyl sites for hydroxylation is 1. The number of hydrogen-bond donors (Lipinski definition) is 1. The van der Waals surface area contributed by atoms with Crippen LogP contribution in [-0.4, -0.2) is 30.8 Å². The Bertz CT molecular complexity index is 1440. The van der Waals surface area contributed by atoms with E-state index in [-0.39, 0.29) is 10.6 Å². The summed E-state index contributed by atoms with van der Waals surface area (Å²) in [5.41, 5.74) is 2.15. The van der Waals surface area contributed by atoms with Gasteiger partial charge in [0.2, 0.25) is 0 Å². The average molecular weight is 511 g/mol. The fourth-order valence-electron chi connectivity index (χ4n) is 3.44. The van der Waals surface area contributed by atoms with E-state index < -0.39 is 10.9 Å². The molecule has 0 unspecified atom stereocenters. The van der Waals surface area contributed by atoms with Gasteiger partial charge < -0.3 is 14.1 Å². The molecule has 0 bridgehead atoms. The van der Waals surface area contributed by atoms with Gasteiger partial charge in [0.25, 0.3) is 5.69 Å².